The van der Waals surface area contributed by atoms with Crippen molar-refractivity contribution in [3.63, 3.8) is 0 Å². The molecule has 2 heterocycles. The molecule has 0 saturated heterocycles. The van der Waals surface area contributed by atoms with E-state index in [1.54, 1.807) is 17.8 Å². The van der Waals surface area contributed by atoms with E-state index in [0.717, 1.165) is 11.1 Å². The molecule has 0 aliphatic rings. The third-order valence-electron chi connectivity index (χ3n) is 4.63. The number of aromatic nitrogens is 4. The molecule has 0 aliphatic heterocycles. The largest absolute Gasteiger partial charge is 0.484 e. The Labute approximate surface area is 172 Å². The maximum absolute atomic E-state index is 9.12. The maximum Gasteiger partial charge on any atom is 0.212 e. The number of benzene rings is 2. The first-order chi connectivity index (χ1) is 14.0. The first-order valence-electron chi connectivity index (χ1n) is 8.87. The Morgan fingerprint density at radius 3 is 2.79 bits per heavy atom. The van der Waals surface area contributed by atoms with Gasteiger partial charge in [0, 0.05) is 23.8 Å². The molecule has 0 fully saturated rings. The summed E-state index contributed by atoms with van der Waals surface area (Å²) in [6, 6.07) is 13.3. The lowest BCUT2D eigenvalue weighted by molar-refractivity contribution is 0.225. The van der Waals surface area contributed by atoms with Crippen molar-refractivity contribution in [2.75, 3.05) is 5.73 Å². The van der Waals surface area contributed by atoms with E-state index >= 15 is 0 Å². The average Bonchev–Trinajstić information content (AvgIpc) is 3.09. The SMILES string of the molecule is C[C@@H](Oc1ccc(-c2cccc(Cl)c2)c2ncnc(N)c12)c1cn(C)c(C#N)n1. The highest BCUT2D eigenvalue weighted by molar-refractivity contribution is 6.30. The van der Waals surface area contributed by atoms with Crippen LogP contribution in [-0.4, -0.2) is 19.5 Å². The van der Waals surface area contributed by atoms with E-state index in [0.29, 0.717) is 39.0 Å². The Balaban J connectivity index is 1.80. The van der Waals surface area contributed by atoms with Gasteiger partial charge in [-0.2, -0.15) is 5.26 Å². The van der Waals surface area contributed by atoms with Crippen LogP contribution in [0.3, 0.4) is 0 Å². The van der Waals surface area contributed by atoms with Crippen molar-refractivity contribution in [3.8, 4) is 22.9 Å². The summed E-state index contributed by atoms with van der Waals surface area (Å²) in [5.41, 5.74) is 9.29. The molecule has 1 atom stereocenters. The normalized spacial score (nSPS) is 11.9. The standard InChI is InChI=1S/C21H17ClN6O/c1-12(16-10-28(2)18(9-23)27-16)29-17-7-6-15(13-4-3-5-14(22)8-13)20-19(17)21(24)26-11-25-20/h3-8,10-12H,1-2H3,(H2,24,25,26)/t12-/m1/s1. The van der Waals surface area contributed by atoms with Gasteiger partial charge >= 0.3 is 0 Å². The van der Waals surface area contributed by atoms with Crippen molar-refractivity contribution in [2.45, 2.75) is 13.0 Å². The van der Waals surface area contributed by atoms with Gasteiger partial charge in [0.25, 0.3) is 0 Å². The smallest absolute Gasteiger partial charge is 0.212 e. The lowest BCUT2D eigenvalue weighted by Crippen LogP contribution is -2.06. The van der Waals surface area contributed by atoms with E-state index in [1.165, 1.54) is 6.33 Å². The van der Waals surface area contributed by atoms with Gasteiger partial charge in [0.1, 0.15) is 30.1 Å². The monoisotopic (exact) mass is 404 g/mol. The number of anilines is 1. The topological polar surface area (TPSA) is 103 Å². The van der Waals surface area contributed by atoms with Gasteiger partial charge in [-0.25, -0.2) is 15.0 Å². The van der Waals surface area contributed by atoms with Crippen molar-refractivity contribution in [1.29, 1.82) is 5.26 Å². The first-order valence-corrected chi connectivity index (χ1v) is 9.25. The fourth-order valence-electron chi connectivity index (χ4n) is 3.19. The van der Waals surface area contributed by atoms with Gasteiger partial charge in [-0.05, 0) is 36.8 Å². The number of aryl methyl sites for hydroxylation is 1. The number of nitrogens with zero attached hydrogens (tertiary/aromatic N) is 5. The van der Waals surface area contributed by atoms with E-state index in [1.807, 2.05) is 49.4 Å². The summed E-state index contributed by atoms with van der Waals surface area (Å²) < 4.78 is 7.81. The number of halogens is 1. The Morgan fingerprint density at radius 1 is 1.24 bits per heavy atom. The summed E-state index contributed by atoms with van der Waals surface area (Å²) in [7, 11) is 1.77. The van der Waals surface area contributed by atoms with Crippen LogP contribution in [0.2, 0.25) is 5.02 Å². The van der Waals surface area contributed by atoms with E-state index < -0.39 is 6.10 Å². The summed E-state index contributed by atoms with van der Waals surface area (Å²) in [6.07, 6.45) is 2.80. The fourth-order valence-corrected chi connectivity index (χ4v) is 3.39. The zero-order chi connectivity index (χ0) is 20.5. The molecular weight excluding hydrogens is 388 g/mol. The molecule has 0 spiro atoms. The minimum Gasteiger partial charge on any atom is -0.484 e. The molecule has 2 aromatic heterocycles. The number of nitrogen functional groups attached to an aromatic ring is 1. The van der Waals surface area contributed by atoms with Crippen molar-refractivity contribution in [2.24, 2.45) is 7.05 Å². The van der Waals surface area contributed by atoms with Gasteiger partial charge in [0.2, 0.25) is 5.82 Å². The third-order valence-corrected chi connectivity index (χ3v) is 4.87. The summed E-state index contributed by atoms with van der Waals surface area (Å²) in [5.74, 6) is 1.18. The number of nitriles is 1. The zero-order valence-electron chi connectivity index (χ0n) is 15.8. The van der Waals surface area contributed by atoms with Crippen LogP contribution in [0.15, 0.2) is 48.9 Å². The highest BCUT2D eigenvalue weighted by Crippen LogP contribution is 2.37. The molecule has 29 heavy (non-hydrogen) atoms. The highest BCUT2D eigenvalue weighted by atomic mass is 35.5. The minimum atomic E-state index is -0.400. The molecule has 0 saturated carbocycles. The van der Waals surface area contributed by atoms with E-state index in [9.17, 15) is 0 Å². The number of hydrogen-bond donors (Lipinski definition) is 1. The van der Waals surface area contributed by atoms with Crippen molar-refractivity contribution in [1.82, 2.24) is 19.5 Å². The second-order valence-corrected chi connectivity index (χ2v) is 7.01. The van der Waals surface area contributed by atoms with Crippen molar-refractivity contribution >= 4 is 28.3 Å². The van der Waals surface area contributed by atoms with Crippen LogP contribution in [0.25, 0.3) is 22.0 Å². The van der Waals surface area contributed by atoms with Crippen LogP contribution in [0, 0.1) is 11.3 Å². The van der Waals surface area contributed by atoms with E-state index in [-0.39, 0.29) is 0 Å². The molecule has 0 radical (unpaired) electrons. The molecule has 2 aromatic carbocycles. The lowest BCUT2D eigenvalue weighted by atomic mass is 10.0. The summed E-state index contributed by atoms with van der Waals surface area (Å²) in [5, 5.41) is 10.4. The number of rotatable bonds is 4. The van der Waals surface area contributed by atoms with Gasteiger partial charge in [-0.1, -0.05) is 23.7 Å². The number of imidazole rings is 1. The molecule has 7 nitrogen and oxygen atoms in total. The van der Waals surface area contributed by atoms with Gasteiger partial charge in [0.15, 0.2) is 0 Å². The molecule has 8 heteroatoms. The lowest BCUT2D eigenvalue weighted by Gasteiger charge is -2.16. The average molecular weight is 405 g/mol. The number of nitrogens with two attached hydrogens (primary N) is 1. The summed E-state index contributed by atoms with van der Waals surface area (Å²) in [4.78, 5) is 12.9. The fraction of sp³-hybridized carbons (Fsp3) is 0.143. The van der Waals surface area contributed by atoms with Gasteiger partial charge < -0.3 is 15.0 Å². The Bertz CT molecular complexity index is 1260. The molecule has 4 aromatic rings. The second kappa shape index (κ2) is 7.41. The van der Waals surface area contributed by atoms with E-state index in [2.05, 4.69) is 15.0 Å². The van der Waals surface area contributed by atoms with Gasteiger partial charge in [-0.15, -0.1) is 0 Å². The predicted molar refractivity (Wildman–Crippen MR) is 111 cm³/mol. The Morgan fingerprint density at radius 2 is 2.07 bits per heavy atom. The number of fused-ring (bicyclic) bond motifs is 1. The first kappa shape index (κ1) is 18.7. The summed E-state index contributed by atoms with van der Waals surface area (Å²) >= 11 is 6.16. The number of ether oxygens (including phenoxy) is 1. The van der Waals surface area contributed by atoms with Crippen LogP contribution in [0.1, 0.15) is 24.5 Å². The molecular formula is C21H17ClN6O. The Hall–Kier alpha value is -3.63. The predicted octanol–water partition coefficient (Wildman–Crippen LogP) is 4.28. The highest BCUT2D eigenvalue weighted by Gasteiger charge is 2.18. The minimum absolute atomic E-state index is 0.319. The molecule has 144 valence electrons. The van der Waals surface area contributed by atoms with Crippen LogP contribution in [0.4, 0.5) is 5.82 Å². The molecule has 4 rings (SSSR count). The Kier molecular flexibility index (Phi) is 4.79. The molecule has 2 N–H and O–H groups in total. The van der Waals surface area contributed by atoms with Crippen LogP contribution in [-0.2, 0) is 7.05 Å². The molecule has 0 unspecified atom stereocenters. The van der Waals surface area contributed by atoms with Gasteiger partial charge in [0.05, 0.1) is 16.6 Å². The van der Waals surface area contributed by atoms with Crippen LogP contribution in [0.5, 0.6) is 5.75 Å². The maximum atomic E-state index is 9.12. The molecule has 0 aliphatic carbocycles. The molecule has 0 amide bonds. The summed E-state index contributed by atoms with van der Waals surface area (Å²) in [6.45, 7) is 1.86. The van der Waals surface area contributed by atoms with Crippen LogP contribution < -0.4 is 10.5 Å². The third kappa shape index (κ3) is 3.46. The van der Waals surface area contributed by atoms with Crippen molar-refractivity contribution < 1.29 is 4.74 Å². The van der Waals surface area contributed by atoms with Gasteiger partial charge in [-0.3, -0.25) is 0 Å². The van der Waals surface area contributed by atoms with Crippen LogP contribution >= 0.6 is 11.6 Å². The van der Waals surface area contributed by atoms with Crippen molar-refractivity contribution in [3.05, 3.63) is 65.5 Å². The quantitative estimate of drug-likeness (QED) is 0.544. The second-order valence-electron chi connectivity index (χ2n) is 6.58. The molecule has 0 bridgehead atoms. The zero-order valence-corrected chi connectivity index (χ0v) is 16.6. The number of hydrogen-bond acceptors (Lipinski definition) is 6. The van der Waals surface area contributed by atoms with E-state index in [4.69, 9.17) is 27.3 Å².